The minimum Gasteiger partial charge on any atom is -0.462 e. The van der Waals surface area contributed by atoms with Gasteiger partial charge in [-0.25, -0.2) is 10.0 Å². The van der Waals surface area contributed by atoms with Crippen LogP contribution in [-0.2, 0) is 4.74 Å². The number of allylic oxidation sites excluding steroid dienone is 2. The van der Waals surface area contributed by atoms with Crippen LogP contribution < -0.4 is 0 Å². The summed E-state index contributed by atoms with van der Waals surface area (Å²) in [5.41, 5.74) is 2.20. The van der Waals surface area contributed by atoms with Gasteiger partial charge in [0.1, 0.15) is 11.9 Å². The third kappa shape index (κ3) is 3.29. The predicted molar refractivity (Wildman–Crippen MR) is 97.3 cm³/mol. The Morgan fingerprint density at radius 3 is 2.78 bits per heavy atom. The van der Waals surface area contributed by atoms with E-state index in [1.54, 1.807) is 25.0 Å². The lowest BCUT2D eigenvalue weighted by Crippen LogP contribution is -2.33. The van der Waals surface area contributed by atoms with Crippen molar-refractivity contribution in [1.82, 2.24) is 0 Å². The van der Waals surface area contributed by atoms with Crippen molar-refractivity contribution >= 4 is 36.0 Å². The highest BCUT2D eigenvalue weighted by Gasteiger charge is 2.43. The Morgan fingerprint density at radius 1 is 1.33 bits per heavy atom. The number of nitrogens with zero attached hydrogens (tertiary/aromatic N) is 4. The first-order valence-electron chi connectivity index (χ1n) is 8.48. The lowest BCUT2D eigenvalue weighted by Gasteiger charge is -2.34. The van der Waals surface area contributed by atoms with Crippen LogP contribution in [0.4, 0.5) is 5.69 Å². The summed E-state index contributed by atoms with van der Waals surface area (Å²) in [5, 5.41) is 8.80. The van der Waals surface area contributed by atoms with Gasteiger partial charge in [0, 0.05) is 18.1 Å². The topological polar surface area (TPSA) is 91.3 Å². The van der Waals surface area contributed by atoms with Crippen LogP contribution >= 0.6 is 11.8 Å². The SMILES string of the molecule is O=C(OCC1CC(C2=C3C=NC=C[N+]3(Cl)C=N2)C1)c1ccc([N+](=O)O)cc1. The minimum atomic E-state index is -0.456. The maximum Gasteiger partial charge on any atom is 0.338 e. The van der Waals surface area contributed by atoms with Gasteiger partial charge in [0.2, 0.25) is 12.0 Å². The number of rotatable bonds is 5. The predicted octanol–water partition coefficient (Wildman–Crippen LogP) is 3.45. The highest BCUT2D eigenvalue weighted by Crippen LogP contribution is 2.44. The number of hydrogen-bond donors (Lipinski definition) is 1. The van der Waals surface area contributed by atoms with E-state index < -0.39 is 5.97 Å². The Morgan fingerprint density at radius 2 is 2.07 bits per heavy atom. The van der Waals surface area contributed by atoms with Gasteiger partial charge in [0.25, 0.3) is 4.92 Å². The number of benzene rings is 1. The number of fused-ring (bicyclic) bond motifs is 1. The molecule has 4 rings (SSSR count). The fraction of sp³-hybridized carbons (Fsp3) is 0.278. The summed E-state index contributed by atoms with van der Waals surface area (Å²) in [5.74, 6) is 0.0934. The zero-order valence-electron chi connectivity index (χ0n) is 14.2. The largest absolute Gasteiger partial charge is 0.462 e. The van der Waals surface area contributed by atoms with E-state index in [2.05, 4.69) is 9.98 Å². The number of esters is 1. The van der Waals surface area contributed by atoms with Gasteiger partial charge in [0.05, 0.1) is 29.5 Å². The molecule has 138 valence electrons. The summed E-state index contributed by atoms with van der Waals surface area (Å²) in [6.07, 6.45) is 8.57. The smallest absolute Gasteiger partial charge is 0.338 e. The van der Waals surface area contributed by atoms with Crippen LogP contribution in [0.1, 0.15) is 23.2 Å². The molecule has 1 unspecified atom stereocenters. The van der Waals surface area contributed by atoms with E-state index in [4.69, 9.17) is 21.7 Å². The summed E-state index contributed by atoms with van der Waals surface area (Å²) >= 11 is 6.47. The van der Waals surface area contributed by atoms with Crippen LogP contribution in [0.3, 0.4) is 0 Å². The summed E-state index contributed by atoms with van der Waals surface area (Å²) in [7, 11) is 0. The zero-order valence-corrected chi connectivity index (χ0v) is 15.0. The number of carbonyl (C=O) groups is 1. The molecule has 0 radical (unpaired) electrons. The monoisotopic (exact) mass is 388 g/mol. The number of quaternary nitrogens is 1. The number of carbonyl (C=O) groups excluding carboxylic acids is 1. The molecule has 8 nitrogen and oxygen atoms in total. The van der Waals surface area contributed by atoms with Gasteiger partial charge in [-0.3, -0.25) is 4.99 Å². The summed E-state index contributed by atoms with van der Waals surface area (Å²) in [4.78, 5) is 31.2. The fourth-order valence-corrected chi connectivity index (χ4v) is 3.61. The zero-order chi connectivity index (χ0) is 19.0. The van der Waals surface area contributed by atoms with Crippen molar-refractivity contribution in [3.8, 4) is 0 Å². The molecule has 1 aliphatic carbocycles. The van der Waals surface area contributed by atoms with E-state index in [1.165, 1.54) is 24.3 Å². The van der Waals surface area contributed by atoms with Crippen LogP contribution in [0.2, 0.25) is 0 Å². The van der Waals surface area contributed by atoms with Crippen molar-refractivity contribution < 1.29 is 23.7 Å². The van der Waals surface area contributed by atoms with E-state index in [-0.39, 0.29) is 26.4 Å². The molecule has 3 aliphatic rings. The highest BCUT2D eigenvalue weighted by atomic mass is 35.5. The summed E-state index contributed by atoms with van der Waals surface area (Å²) in [6.45, 7) is 0.325. The Labute approximate surface area is 160 Å². The van der Waals surface area contributed by atoms with Crippen molar-refractivity contribution in [3.05, 3.63) is 58.5 Å². The molecule has 27 heavy (non-hydrogen) atoms. The molecule has 0 amide bonds. The van der Waals surface area contributed by atoms with E-state index in [0.29, 0.717) is 12.2 Å². The average Bonchev–Trinajstić information content (AvgIpc) is 2.97. The standard InChI is InChI=1S/C18H17ClN4O4/c19-23-6-5-20-9-16(23)17(21-11-23)14-7-12(8-14)10-27-18(24)13-1-3-15(4-2-13)22(25)26/h1-6,9,11-12,14H,7-8,10H2,(H,25,26)/q+2. The van der Waals surface area contributed by atoms with Crippen LogP contribution in [0, 0.1) is 16.7 Å². The highest BCUT2D eigenvalue weighted by molar-refractivity contribution is 6.14. The lowest BCUT2D eigenvalue weighted by atomic mass is 9.73. The van der Waals surface area contributed by atoms with Gasteiger partial charge < -0.3 is 4.74 Å². The molecule has 0 bridgehead atoms. The van der Waals surface area contributed by atoms with Crippen LogP contribution in [0.15, 0.2) is 58.0 Å². The molecule has 0 spiro atoms. The third-order valence-corrected chi connectivity index (χ3v) is 5.34. The molecule has 1 atom stereocenters. The molecule has 9 heteroatoms. The second kappa shape index (κ2) is 6.71. The maximum atomic E-state index is 12.1. The van der Waals surface area contributed by atoms with E-state index in [0.717, 1.165) is 24.2 Å². The molecule has 1 saturated carbocycles. The molecular weight excluding hydrogens is 372 g/mol. The molecule has 2 aliphatic heterocycles. The second-order valence-electron chi connectivity index (χ2n) is 6.73. The number of halogens is 1. The molecule has 0 saturated heterocycles. The number of ether oxygens (including phenoxy) is 1. The first-order chi connectivity index (χ1) is 13.0. The van der Waals surface area contributed by atoms with Crippen molar-refractivity contribution in [1.29, 1.82) is 0 Å². The van der Waals surface area contributed by atoms with Gasteiger partial charge >= 0.3 is 11.7 Å². The molecule has 2 heterocycles. The van der Waals surface area contributed by atoms with E-state index in [9.17, 15) is 9.70 Å². The normalized spacial score (nSPS) is 28.0. The van der Waals surface area contributed by atoms with Crippen LogP contribution in [-0.4, -0.2) is 39.3 Å². The molecular formula is C18H17ClN4O4+2. The first-order valence-corrected chi connectivity index (χ1v) is 8.82. The van der Waals surface area contributed by atoms with Gasteiger partial charge in [-0.15, -0.1) is 4.00 Å². The van der Waals surface area contributed by atoms with Crippen LogP contribution in [0.25, 0.3) is 0 Å². The van der Waals surface area contributed by atoms with Gasteiger partial charge in [-0.1, -0.05) is 0 Å². The average molecular weight is 389 g/mol. The van der Waals surface area contributed by atoms with Crippen molar-refractivity contribution in [2.24, 2.45) is 21.8 Å². The number of aliphatic imine (C=N–C) groups is 2. The maximum absolute atomic E-state index is 12.1. The first kappa shape index (κ1) is 17.6. The Hall–Kier alpha value is -2.84. The molecule has 1 N–H and O–H groups in total. The number of hydrogen-bond acceptors (Lipinski definition) is 5. The van der Waals surface area contributed by atoms with Gasteiger partial charge in [-0.2, -0.15) is 4.99 Å². The second-order valence-corrected chi connectivity index (χ2v) is 7.29. The minimum absolute atomic E-state index is 0.0274. The third-order valence-electron chi connectivity index (χ3n) is 4.96. The lowest BCUT2D eigenvalue weighted by molar-refractivity contribution is -0.729. The van der Waals surface area contributed by atoms with E-state index in [1.807, 2.05) is 0 Å². The van der Waals surface area contributed by atoms with Crippen molar-refractivity contribution in [3.63, 3.8) is 0 Å². The van der Waals surface area contributed by atoms with Crippen LogP contribution in [0.5, 0.6) is 0 Å². The Bertz CT molecular complexity index is 916. The Kier molecular flexibility index (Phi) is 4.37. The molecule has 1 aromatic carbocycles. The molecule has 0 aromatic heterocycles. The van der Waals surface area contributed by atoms with Crippen molar-refractivity contribution in [2.75, 3.05) is 6.61 Å². The van der Waals surface area contributed by atoms with Gasteiger partial charge in [0.15, 0.2) is 11.8 Å². The fourth-order valence-electron chi connectivity index (χ4n) is 3.38. The van der Waals surface area contributed by atoms with E-state index >= 15 is 0 Å². The quantitative estimate of drug-likeness (QED) is 0.475. The summed E-state index contributed by atoms with van der Waals surface area (Å²) in [6, 6.07) is 5.59. The summed E-state index contributed by atoms with van der Waals surface area (Å²) < 4.78 is 5.38. The van der Waals surface area contributed by atoms with Gasteiger partial charge in [-0.05, 0) is 30.9 Å². The van der Waals surface area contributed by atoms with Crippen molar-refractivity contribution in [2.45, 2.75) is 12.8 Å². The molecule has 1 fully saturated rings. The molecule has 1 aromatic rings. The Balaban J connectivity index is 1.30.